The van der Waals surface area contributed by atoms with E-state index in [1.54, 1.807) is 11.3 Å². The van der Waals surface area contributed by atoms with Gasteiger partial charge in [0, 0.05) is 36.6 Å². The summed E-state index contributed by atoms with van der Waals surface area (Å²) in [6.45, 7) is 5.46. The Morgan fingerprint density at radius 3 is 2.57 bits per heavy atom. The summed E-state index contributed by atoms with van der Waals surface area (Å²) >= 11 is 1.64. The van der Waals surface area contributed by atoms with Gasteiger partial charge in [-0.2, -0.15) is 0 Å². The highest BCUT2D eigenvalue weighted by molar-refractivity contribution is 7.10. The second-order valence-corrected chi connectivity index (χ2v) is 6.37. The number of hydrogen-bond acceptors (Lipinski definition) is 4. The third kappa shape index (κ3) is 4.37. The van der Waals surface area contributed by atoms with Crippen molar-refractivity contribution in [2.24, 2.45) is 0 Å². The van der Waals surface area contributed by atoms with Crippen LogP contribution in [0.25, 0.3) is 0 Å². The van der Waals surface area contributed by atoms with Crippen molar-refractivity contribution < 1.29 is 9.50 Å². The van der Waals surface area contributed by atoms with E-state index in [0.717, 1.165) is 36.6 Å². The first kappa shape index (κ1) is 20.2. The van der Waals surface area contributed by atoms with Gasteiger partial charge in [-0.25, -0.2) is 4.39 Å². The van der Waals surface area contributed by atoms with Gasteiger partial charge < -0.3 is 10.4 Å². The summed E-state index contributed by atoms with van der Waals surface area (Å²) in [5.74, 6) is -0.765. The predicted octanol–water partition coefficient (Wildman–Crippen LogP) is 3.74. The lowest BCUT2D eigenvalue weighted by atomic mass is 9.99. The number of nitrogens with one attached hydrogen (secondary N) is 1. The molecule has 1 atom stereocenters. The minimum atomic E-state index is -0.540. The molecule has 1 fully saturated rings. The van der Waals surface area contributed by atoms with E-state index >= 15 is 0 Å². The minimum Gasteiger partial charge on any atom is -0.505 e. The molecule has 0 saturated carbocycles. The second-order valence-electron chi connectivity index (χ2n) is 5.39. The van der Waals surface area contributed by atoms with Crippen LogP contribution in [0.5, 0.6) is 5.75 Å². The van der Waals surface area contributed by atoms with Gasteiger partial charge in [-0.1, -0.05) is 12.1 Å². The molecule has 7 heteroatoms. The fourth-order valence-electron chi connectivity index (χ4n) is 2.89. The molecule has 0 amide bonds. The molecule has 3 nitrogen and oxygen atoms in total. The number of aryl methyl sites for hydroxylation is 1. The number of benzene rings is 1. The highest BCUT2D eigenvalue weighted by Gasteiger charge is 2.28. The zero-order valence-electron chi connectivity index (χ0n) is 12.8. The molecule has 2 heterocycles. The Labute approximate surface area is 152 Å². The van der Waals surface area contributed by atoms with Crippen molar-refractivity contribution in [2.45, 2.75) is 13.0 Å². The maximum absolute atomic E-state index is 13.9. The molecular weight excluding hydrogens is 358 g/mol. The topological polar surface area (TPSA) is 35.5 Å². The average Bonchev–Trinajstić information content (AvgIpc) is 2.99. The number of thiophene rings is 1. The molecule has 128 valence electrons. The molecule has 2 N–H and O–H groups in total. The van der Waals surface area contributed by atoms with Crippen molar-refractivity contribution in [2.75, 3.05) is 26.2 Å². The molecule has 3 rings (SSSR count). The van der Waals surface area contributed by atoms with Gasteiger partial charge in [-0.15, -0.1) is 36.2 Å². The van der Waals surface area contributed by atoms with Crippen LogP contribution in [-0.2, 0) is 0 Å². The maximum atomic E-state index is 13.9. The number of hydrogen-bond donors (Lipinski definition) is 2. The number of phenols is 1. The Bertz CT molecular complexity index is 619. The summed E-state index contributed by atoms with van der Waals surface area (Å²) in [5, 5.41) is 15.6. The van der Waals surface area contributed by atoms with Crippen LogP contribution in [0.15, 0.2) is 29.6 Å². The minimum absolute atomic E-state index is 0. The maximum Gasteiger partial charge on any atom is 0.165 e. The molecule has 0 spiro atoms. The second kappa shape index (κ2) is 8.85. The zero-order chi connectivity index (χ0) is 14.8. The van der Waals surface area contributed by atoms with Crippen LogP contribution in [0, 0.1) is 12.7 Å². The van der Waals surface area contributed by atoms with Crippen LogP contribution in [0.3, 0.4) is 0 Å². The molecule has 1 saturated heterocycles. The van der Waals surface area contributed by atoms with Gasteiger partial charge in [-0.05, 0) is 30.0 Å². The average molecular weight is 379 g/mol. The standard InChI is InChI=1S/C16H19FN2OS.2ClH/c1-11-9-12(16(20)13(17)10-11)15(14-3-2-8-21-14)19-6-4-18-5-7-19;;/h2-3,8-10,15,18,20H,4-7H2,1H3;2*1H/t15-;;/m0../s1. The lowest BCUT2D eigenvalue weighted by Crippen LogP contribution is -2.45. The van der Waals surface area contributed by atoms with Gasteiger partial charge >= 0.3 is 0 Å². The van der Waals surface area contributed by atoms with Gasteiger partial charge in [0.1, 0.15) is 0 Å². The van der Waals surface area contributed by atoms with Crippen LogP contribution in [-0.4, -0.2) is 36.2 Å². The number of nitrogens with zero attached hydrogens (tertiary/aromatic N) is 1. The summed E-state index contributed by atoms with van der Waals surface area (Å²) in [4.78, 5) is 3.44. The predicted molar refractivity (Wildman–Crippen MR) is 97.9 cm³/mol. The van der Waals surface area contributed by atoms with E-state index < -0.39 is 5.82 Å². The number of piperazine rings is 1. The quantitative estimate of drug-likeness (QED) is 0.853. The molecule has 0 radical (unpaired) electrons. The van der Waals surface area contributed by atoms with E-state index in [9.17, 15) is 9.50 Å². The van der Waals surface area contributed by atoms with Gasteiger partial charge in [0.2, 0.25) is 0 Å². The SMILES string of the molecule is Cc1cc(F)c(O)c([C@@H](c2cccs2)N2CCNCC2)c1.Cl.Cl. The number of halogens is 3. The Morgan fingerprint density at radius 1 is 1.26 bits per heavy atom. The largest absolute Gasteiger partial charge is 0.505 e. The van der Waals surface area contributed by atoms with Crippen molar-refractivity contribution in [3.05, 3.63) is 51.5 Å². The van der Waals surface area contributed by atoms with Gasteiger partial charge in [0.15, 0.2) is 11.6 Å². The van der Waals surface area contributed by atoms with E-state index in [-0.39, 0.29) is 36.6 Å². The molecule has 1 aromatic heterocycles. The van der Waals surface area contributed by atoms with Crippen molar-refractivity contribution in [3.8, 4) is 5.75 Å². The molecule has 1 aromatic carbocycles. The zero-order valence-corrected chi connectivity index (χ0v) is 15.2. The monoisotopic (exact) mass is 378 g/mol. The van der Waals surface area contributed by atoms with Crippen molar-refractivity contribution >= 4 is 36.2 Å². The van der Waals surface area contributed by atoms with E-state index in [2.05, 4.69) is 16.3 Å². The first-order valence-electron chi connectivity index (χ1n) is 7.14. The summed E-state index contributed by atoms with van der Waals surface area (Å²) in [6.07, 6.45) is 0. The molecule has 23 heavy (non-hydrogen) atoms. The Hall–Kier alpha value is -0.850. The highest BCUT2D eigenvalue weighted by Crippen LogP contribution is 2.38. The van der Waals surface area contributed by atoms with Crippen molar-refractivity contribution in [3.63, 3.8) is 0 Å². The van der Waals surface area contributed by atoms with Crippen LogP contribution in [0.4, 0.5) is 4.39 Å². The number of phenolic OH excluding ortho intramolecular Hbond substituents is 1. The molecule has 1 aliphatic rings. The summed E-state index contributed by atoms with van der Waals surface area (Å²) < 4.78 is 13.9. The van der Waals surface area contributed by atoms with E-state index in [4.69, 9.17) is 0 Å². The van der Waals surface area contributed by atoms with Gasteiger partial charge in [0.25, 0.3) is 0 Å². The first-order valence-corrected chi connectivity index (χ1v) is 8.02. The van der Waals surface area contributed by atoms with Crippen molar-refractivity contribution in [1.82, 2.24) is 10.2 Å². The third-order valence-corrected chi connectivity index (χ3v) is 4.79. The lowest BCUT2D eigenvalue weighted by Gasteiger charge is -2.35. The lowest BCUT2D eigenvalue weighted by molar-refractivity contribution is 0.197. The van der Waals surface area contributed by atoms with Gasteiger partial charge in [-0.3, -0.25) is 4.90 Å². The number of aromatic hydroxyl groups is 1. The summed E-state index contributed by atoms with van der Waals surface area (Å²) in [6, 6.07) is 7.24. The highest BCUT2D eigenvalue weighted by atomic mass is 35.5. The molecule has 2 aromatic rings. The van der Waals surface area contributed by atoms with Crippen molar-refractivity contribution in [1.29, 1.82) is 0 Å². The fourth-order valence-corrected chi connectivity index (χ4v) is 3.76. The first-order chi connectivity index (χ1) is 10.2. The molecular formula is C16H21Cl2FN2OS. The van der Waals surface area contributed by atoms with E-state index in [1.807, 2.05) is 24.4 Å². The van der Waals surface area contributed by atoms with Crippen LogP contribution in [0.1, 0.15) is 22.0 Å². The smallest absolute Gasteiger partial charge is 0.165 e. The van der Waals surface area contributed by atoms with Crippen LogP contribution < -0.4 is 5.32 Å². The molecule has 0 unspecified atom stereocenters. The molecule has 0 bridgehead atoms. The third-order valence-electron chi connectivity index (χ3n) is 3.86. The van der Waals surface area contributed by atoms with E-state index in [0.29, 0.717) is 5.56 Å². The van der Waals surface area contributed by atoms with E-state index in [1.165, 1.54) is 6.07 Å². The fraction of sp³-hybridized carbons (Fsp3) is 0.375. The molecule has 1 aliphatic heterocycles. The Balaban J connectivity index is 0.00000132. The van der Waals surface area contributed by atoms with Crippen LogP contribution >= 0.6 is 36.2 Å². The molecule has 0 aliphatic carbocycles. The Morgan fingerprint density at radius 2 is 1.96 bits per heavy atom. The Kier molecular flexibility index (Phi) is 7.77. The van der Waals surface area contributed by atoms with Crippen LogP contribution in [0.2, 0.25) is 0 Å². The normalized spacial score (nSPS) is 16.3. The summed E-state index contributed by atoms with van der Waals surface area (Å²) in [7, 11) is 0. The summed E-state index contributed by atoms with van der Waals surface area (Å²) in [5.41, 5.74) is 1.49. The van der Waals surface area contributed by atoms with Gasteiger partial charge in [0.05, 0.1) is 6.04 Å². The number of rotatable bonds is 3.